The Kier molecular flexibility index (Phi) is 25.4. The zero-order valence-corrected chi connectivity index (χ0v) is 62.1. The quantitative estimate of drug-likeness (QED) is 0.0786. The van der Waals surface area contributed by atoms with Gasteiger partial charge in [0.2, 0.25) is 0 Å². The highest BCUT2D eigenvalue weighted by atomic mass is 31.2. The van der Waals surface area contributed by atoms with Gasteiger partial charge in [0.1, 0.15) is 86.8 Å². The molecule has 12 rings (SSSR count). The molecule has 0 atom stereocenters. The van der Waals surface area contributed by atoms with Crippen molar-refractivity contribution < 1.29 is 33.5 Å². The molecule has 0 aromatic heterocycles. The van der Waals surface area contributed by atoms with Gasteiger partial charge in [0, 0.05) is 0 Å². The summed E-state index contributed by atoms with van der Waals surface area (Å²) in [5.41, 5.74) is 16.1. The van der Waals surface area contributed by atoms with Gasteiger partial charge in [-0.1, -0.05) is 200 Å². The minimum Gasteiger partial charge on any atom is -0.822 e. The predicted molar refractivity (Wildman–Crippen MR) is 416 cm³/mol. The summed E-state index contributed by atoms with van der Waals surface area (Å²) >= 11 is 0. The maximum Gasteiger partial charge on any atom is 0.119 e. The Morgan fingerprint density at radius 1 is 0.245 bits per heavy atom. The van der Waals surface area contributed by atoms with E-state index in [1.807, 2.05) is 18.2 Å². The second-order valence-electron chi connectivity index (χ2n) is 25.0. The van der Waals surface area contributed by atoms with Crippen molar-refractivity contribution >= 4 is 77.4 Å². The number of aryl methyl sites for hydroxylation is 9. The second-order valence-corrected chi connectivity index (χ2v) is 36.0. The third kappa shape index (κ3) is 17.1. The van der Waals surface area contributed by atoms with Gasteiger partial charge in [0.05, 0.1) is 39.8 Å². The number of methoxy groups -OCH3 is 3. The van der Waals surface area contributed by atoms with Gasteiger partial charge in [-0.05, 0) is 220 Å². The van der Waals surface area contributed by atoms with Crippen LogP contribution in [-0.2, 0) is 23.1 Å². The van der Waals surface area contributed by atoms with Crippen molar-refractivity contribution in [2.45, 2.75) is 80.8 Å². The van der Waals surface area contributed by atoms with Crippen LogP contribution < -0.4 is 76.6 Å². The largest absolute Gasteiger partial charge is 0.822 e. The highest BCUT2D eigenvalue weighted by Gasteiger charge is 2.51. The Bertz CT molecular complexity index is 3900. The monoisotopic (exact) mass is 1370 g/mol. The van der Waals surface area contributed by atoms with Crippen molar-refractivity contribution in [3.8, 4) is 17.2 Å². The Morgan fingerprint density at radius 2 is 0.388 bits per heavy atom. The van der Waals surface area contributed by atoms with E-state index in [9.17, 15) is 0 Å². The number of phosphoric acid groups is 1. The van der Waals surface area contributed by atoms with Gasteiger partial charge in [-0.15, -0.1) is 0 Å². The lowest BCUT2D eigenvalue weighted by molar-refractivity contribution is -0.432. The molecule has 7 nitrogen and oxygen atoms in total. The molecule has 98 heavy (non-hydrogen) atoms. The van der Waals surface area contributed by atoms with Crippen LogP contribution in [0.2, 0.25) is 0 Å². The molecule has 0 saturated heterocycles. The van der Waals surface area contributed by atoms with Crippen LogP contribution in [0.15, 0.2) is 291 Å². The summed E-state index contributed by atoms with van der Waals surface area (Å²) in [5.74, 6) is 2.74. The molecule has 0 N–H and O–H groups in total. The Balaban J connectivity index is 0.000000166. The number of benzene rings is 12. The van der Waals surface area contributed by atoms with E-state index in [-0.39, 0.29) is 0 Å². The molecule has 0 saturated carbocycles. The summed E-state index contributed by atoms with van der Waals surface area (Å²) in [6.45, 7) is 20.3. The molecule has 500 valence electrons. The third-order valence-electron chi connectivity index (χ3n) is 18.4. The number of ether oxygens (including phenoxy) is 3. The highest BCUT2D eigenvalue weighted by molar-refractivity contribution is 7.96. The van der Waals surface area contributed by atoms with Crippen LogP contribution in [-0.4, -0.2) is 21.3 Å². The van der Waals surface area contributed by atoms with Gasteiger partial charge >= 0.3 is 0 Å². The van der Waals surface area contributed by atoms with Crippen molar-refractivity contribution in [3.63, 3.8) is 0 Å². The van der Waals surface area contributed by atoms with E-state index in [0.29, 0.717) is 0 Å². The van der Waals surface area contributed by atoms with Crippen molar-refractivity contribution in [1.29, 1.82) is 0 Å². The normalized spacial score (nSPS) is 11.4. The minimum absolute atomic E-state index is 0.912. The molecular weight excluding hydrogens is 1280 g/mol. The van der Waals surface area contributed by atoms with Gasteiger partial charge < -0.3 is 33.5 Å². The molecular formula is C87H90O7P4. The van der Waals surface area contributed by atoms with E-state index in [1.165, 1.54) is 115 Å². The first kappa shape index (κ1) is 73.7. The van der Waals surface area contributed by atoms with Gasteiger partial charge in [-0.3, -0.25) is 0 Å². The smallest absolute Gasteiger partial charge is 0.119 e. The molecule has 0 radical (unpaired) electrons. The average Bonchev–Trinajstić information content (AvgIpc) is 0.751. The summed E-state index contributed by atoms with van der Waals surface area (Å²) in [6.07, 6.45) is 2.89. The van der Waals surface area contributed by atoms with Gasteiger partial charge in [0.25, 0.3) is 0 Å². The predicted octanol–water partition coefficient (Wildman–Crippen LogP) is 15.5. The first-order valence-corrected chi connectivity index (χ1v) is 40.4. The fraction of sp³-hybridized carbons (Fsp3) is 0.172. The van der Waals surface area contributed by atoms with Crippen LogP contribution in [0, 0.1) is 62.3 Å². The molecule has 0 aliphatic carbocycles. The second kappa shape index (κ2) is 33.8. The van der Waals surface area contributed by atoms with Gasteiger partial charge in [0.15, 0.2) is 0 Å². The maximum atomic E-state index is 8.55. The van der Waals surface area contributed by atoms with Gasteiger partial charge in [-0.25, -0.2) is 0 Å². The van der Waals surface area contributed by atoms with Crippen LogP contribution in [0.3, 0.4) is 0 Å². The molecule has 0 aliphatic rings. The van der Waals surface area contributed by atoms with Crippen molar-refractivity contribution in [3.05, 3.63) is 358 Å². The van der Waals surface area contributed by atoms with E-state index >= 15 is 0 Å². The van der Waals surface area contributed by atoms with Crippen LogP contribution >= 0.6 is 29.6 Å². The molecule has 0 unspecified atom stereocenters. The summed E-state index contributed by atoms with van der Waals surface area (Å²) in [7, 11) is -6.09. The minimum atomic E-state index is -5.39. The lowest BCUT2D eigenvalue weighted by Gasteiger charge is -2.36. The standard InChI is InChI=1S/3C29H30OP.H3O4P/c3*1-22-12-5-8-17-27(22)31(28-18-9-6-13-23(28)2,29-19-10-7-14-24(29)3)21-25-15-11-16-26(20-25)30-4;1-5(2,3)4/h3*5-20H,21H2,1-4H3;(H3,1,2,3,4)/q3*+1;/p-3. The summed E-state index contributed by atoms with van der Waals surface area (Å²) in [5, 5.41) is 13.1. The Hall–Kier alpha value is -8.56. The van der Waals surface area contributed by atoms with Crippen LogP contribution in [0.4, 0.5) is 0 Å². The molecule has 0 fully saturated rings. The van der Waals surface area contributed by atoms with E-state index in [4.69, 9.17) is 33.5 Å². The molecule has 0 aliphatic heterocycles. The maximum absolute atomic E-state index is 8.55. The van der Waals surface area contributed by atoms with Crippen molar-refractivity contribution in [1.82, 2.24) is 0 Å². The van der Waals surface area contributed by atoms with Crippen LogP contribution in [0.25, 0.3) is 0 Å². The number of hydrogen-bond donors (Lipinski definition) is 0. The van der Waals surface area contributed by atoms with Crippen LogP contribution in [0.5, 0.6) is 17.2 Å². The fourth-order valence-corrected chi connectivity index (χ4v) is 29.3. The number of rotatable bonds is 18. The molecule has 0 amide bonds. The molecule has 0 spiro atoms. The SMILES string of the molecule is COc1cccc(C[P+](c2ccccc2C)(c2ccccc2C)c2ccccc2C)c1.COc1cccc(C[P+](c2ccccc2C)(c2ccccc2C)c2ccccc2C)c1.COc1cccc(C[P+](c2ccccc2C)(c2ccccc2C)c2ccccc2C)c1.O=P([O-])([O-])[O-]. The zero-order chi connectivity index (χ0) is 70.0. The molecule has 0 bridgehead atoms. The zero-order valence-electron chi connectivity index (χ0n) is 58.5. The Morgan fingerprint density at radius 3 is 0.520 bits per heavy atom. The van der Waals surface area contributed by atoms with E-state index in [2.05, 4.69) is 335 Å². The van der Waals surface area contributed by atoms with E-state index in [0.717, 1.165) is 35.7 Å². The van der Waals surface area contributed by atoms with E-state index < -0.39 is 29.6 Å². The van der Waals surface area contributed by atoms with Crippen LogP contribution in [0.1, 0.15) is 66.8 Å². The molecule has 11 heteroatoms. The summed E-state index contributed by atoms with van der Waals surface area (Å²) in [4.78, 5) is 25.6. The summed E-state index contributed by atoms with van der Waals surface area (Å²) < 4.78 is 25.3. The lowest BCUT2D eigenvalue weighted by atomic mass is 10.2. The summed E-state index contributed by atoms with van der Waals surface area (Å²) in [6, 6.07) is 106. The lowest BCUT2D eigenvalue weighted by Crippen LogP contribution is -2.36. The average molecular weight is 1370 g/mol. The van der Waals surface area contributed by atoms with E-state index in [1.54, 1.807) is 21.3 Å². The number of hydrogen-bond acceptors (Lipinski definition) is 7. The highest BCUT2D eigenvalue weighted by Crippen LogP contribution is 2.63. The first-order chi connectivity index (χ1) is 47.2. The molecule has 12 aromatic carbocycles. The van der Waals surface area contributed by atoms with Gasteiger partial charge in [-0.2, -0.15) is 7.82 Å². The first-order valence-electron chi connectivity index (χ1n) is 33.0. The Labute approximate surface area is 584 Å². The molecule has 0 heterocycles. The molecule has 12 aromatic rings. The topological polar surface area (TPSA) is 114 Å². The third-order valence-corrected chi connectivity index (χ3v) is 32.8. The van der Waals surface area contributed by atoms with Crippen molar-refractivity contribution in [2.24, 2.45) is 0 Å². The fourth-order valence-electron chi connectivity index (χ4n) is 14.0. The van der Waals surface area contributed by atoms with Crippen molar-refractivity contribution in [2.75, 3.05) is 21.3 Å².